The van der Waals surface area contributed by atoms with Crippen molar-refractivity contribution < 1.29 is 14.3 Å². The number of carbonyl (C=O) groups excluding carboxylic acids is 1. The second kappa shape index (κ2) is 5.98. The molecule has 0 amide bonds. The summed E-state index contributed by atoms with van der Waals surface area (Å²) in [6.45, 7) is 1.79. The van der Waals surface area contributed by atoms with Crippen molar-refractivity contribution in [3.05, 3.63) is 35.9 Å². The van der Waals surface area contributed by atoms with Gasteiger partial charge in [0.25, 0.3) is 0 Å². The van der Waals surface area contributed by atoms with E-state index in [-0.39, 0.29) is 5.97 Å². The van der Waals surface area contributed by atoms with E-state index in [1.165, 1.54) is 0 Å². The fourth-order valence-corrected chi connectivity index (χ4v) is 2.13. The molecule has 0 atom stereocenters. The summed E-state index contributed by atoms with van der Waals surface area (Å²) in [6.07, 6.45) is 1.30. The maximum atomic E-state index is 12.2. The maximum absolute atomic E-state index is 12.2. The van der Waals surface area contributed by atoms with Gasteiger partial charge in [0.15, 0.2) is 0 Å². The Bertz CT molecular complexity index is 385. The molecule has 0 unspecified atom stereocenters. The van der Waals surface area contributed by atoms with Gasteiger partial charge in [-0.15, -0.1) is 0 Å². The zero-order valence-corrected chi connectivity index (χ0v) is 10.4. The van der Waals surface area contributed by atoms with Crippen molar-refractivity contribution in [1.82, 2.24) is 0 Å². The van der Waals surface area contributed by atoms with Crippen LogP contribution >= 0.6 is 0 Å². The number of esters is 1. The lowest BCUT2D eigenvalue weighted by molar-refractivity contribution is -0.162. The Labute approximate surface area is 107 Å². The second-order valence-corrected chi connectivity index (χ2v) is 4.66. The molecule has 98 valence electrons. The molecule has 1 saturated heterocycles. The van der Waals surface area contributed by atoms with Crippen LogP contribution in [0.2, 0.25) is 0 Å². The van der Waals surface area contributed by atoms with Crippen LogP contribution in [0.4, 0.5) is 0 Å². The lowest BCUT2D eigenvalue weighted by Crippen LogP contribution is -2.44. The molecule has 0 radical (unpaired) electrons. The van der Waals surface area contributed by atoms with E-state index in [1.54, 1.807) is 0 Å². The highest BCUT2D eigenvalue weighted by Gasteiger charge is 2.40. The van der Waals surface area contributed by atoms with E-state index >= 15 is 0 Å². The fourth-order valence-electron chi connectivity index (χ4n) is 2.13. The highest BCUT2D eigenvalue weighted by atomic mass is 16.5. The third-order valence-electron chi connectivity index (χ3n) is 3.49. The molecule has 0 saturated carbocycles. The van der Waals surface area contributed by atoms with Gasteiger partial charge in [0.1, 0.15) is 6.61 Å². The summed E-state index contributed by atoms with van der Waals surface area (Å²) in [6, 6.07) is 9.66. The van der Waals surface area contributed by atoms with Crippen molar-refractivity contribution in [2.24, 2.45) is 11.1 Å². The number of ether oxygens (including phenoxy) is 2. The third kappa shape index (κ3) is 2.89. The molecule has 1 aliphatic heterocycles. The molecule has 1 aromatic carbocycles. The molecule has 2 rings (SSSR count). The van der Waals surface area contributed by atoms with E-state index in [4.69, 9.17) is 15.2 Å². The minimum atomic E-state index is -0.549. The summed E-state index contributed by atoms with van der Waals surface area (Å²) in [4.78, 5) is 12.2. The van der Waals surface area contributed by atoms with Gasteiger partial charge >= 0.3 is 5.97 Å². The van der Waals surface area contributed by atoms with Crippen LogP contribution in [0.3, 0.4) is 0 Å². The molecule has 2 N–H and O–H groups in total. The quantitative estimate of drug-likeness (QED) is 0.821. The largest absolute Gasteiger partial charge is 0.460 e. The molecule has 18 heavy (non-hydrogen) atoms. The third-order valence-corrected chi connectivity index (χ3v) is 3.49. The summed E-state index contributed by atoms with van der Waals surface area (Å²) in [7, 11) is 0. The maximum Gasteiger partial charge on any atom is 0.313 e. The number of hydrogen-bond donors (Lipinski definition) is 1. The van der Waals surface area contributed by atoms with Crippen LogP contribution in [-0.4, -0.2) is 25.7 Å². The van der Waals surface area contributed by atoms with E-state index < -0.39 is 5.41 Å². The molecule has 0 aliphatic carbocycles. The monoisotopic (exact) mass is 249 g/mol. The van der Waals surface area contributed by atoms with Gasteiger partial charge < -0.3 is 15.2 Å². The molecular weight excluding hydrogens is 230 g/mol. The zero-order chi connectivity index (χ0) is 12.8. The summed E-state index contributed by atoms with van der Waals surface area (Å²) >= 11 is 0. The van der Waals surface area contributed by atoms with Crippen molar-refractivity contribution in [2.45, 2.75) is 19.4 Å². The van der Waals surface area contributed by atoms with Crippen LogP contribution in [0, 0.1) is 5.41 Å². The highest BCUT2D eigenvalue weighted by molar-refractivity contribution is 5.77. The fraction of sp³-hybridized carbons (Fsp3) is 0.500. The van der Waals surface area contributed by atoms with Crippen LogP contribution in [0.25, 0.3) is 0 Å². The number of carbonyl (C=O) groups is 1. The molecule has 1 aliphatic rings. The Morgan fingerprint density at radius 3 is 2.56 bits per heavy atom. The average Bonchev–Trinajstić information content (AvgIpc) is 2.46. The van der Waals surface area contributed by atoms with Crippen molar-refractivity contribution in [3.63, 3.8) is 0 Å². The lowest BCUT2D eigenvalue weighted by atomic mass is 9.80. The van der Waals surface area contributed by atoms with E-state index in [9.17, 15) is 4.79 Å². The van der Waals surface area contributed by atoms with E-state index in [1.807, 2.05) is 30.3 Å². The molecule has 0 spiro atoms. The van der Waals surface area contributed by atoms with Gasteiger partial charge in [0.2, 0.25) is 0 Å². The number of hydrogen-bond acceptors (Lipinski definition) is 4. The van der Waals surface area contributed by atoms with Crippen LogP contribution in [0.15, 0.2) is 30.3 Å². The first-order chi connectivity index (χ1) is 8.77. The highest BCUT2D eigenvalue weighted by Crippen LogP contribution is 2.31. The van der Waals surface area contributed by atoms with E-state index in [2.05, 4.69) is 0 Å². The molecule has 1 fully saturated rings. The minimum absolute atomic E-state index is 0.197. The van der Waals surface area contributed by atoms with Gasteiger partial charge in [-0.05, 0) is 18.4 Å². The second-order valence-electron chi connectivity index (χ2n) is 4.66. The number of rotatable bonds is 4. The van der Waals surface area contributed by atoms with Crippen LogP contribution in [0.1, 0.15) is 18.4 Å². The summed E-state index contributed by atoms with van der Waals surface area (Å²) in [5.74, 6) is -0.197. The number of nitrogens with two attached hydrogens (primary N) is 1. The lowest BCUT2D eigenvalue weighted by Gasteiger charge is -2.33. The summed E-state index contributed by atoms with van der Waals surface area (Å²) in [5, 5.41) is 0. The van der Waals surface area contributed by atoms with Gasteiger partial charge in [0.05, 0.1) is 5.41 Å². The van der Waals surface area contributed by atoms with Gasteiger partial charge in [-0.25, -0.2) is 0 Å². The zero-order valence-electron chi connectivity index (χ0n) is 10.4. The Balaban J connectivity index is 1.94. The van der Waals surface area contributed by atoms with Crippen LogP contribution in [0.5, 0.6) is 0 Å². The molecular formula is C14H19NO3. The first-order valence-electron chi connectivity index (χ1n) is 6.26. The minimum Gasteiger partial charge on any atom is -0.460 e. The molecule has 1 aromatic rings. The molecule has 1 heterocycles. The predicted octanol–water partition coefficient (Wildman–Crippen LogP) is 1.49. The summed E-state index contributed by atoms with van der Waals surface area (Å²) in [5.41, 5.74) is 6.19. The van der Waals surface area contributed by atoms with Crippen LogP contribution < -0.4 is 5.73 Å². The number of benzene rings is 1. The van der Waals surface area contributed by atoms with Gasteiger partial charge in [-0.1, -0.05) is 30.3 Å². The Morgan fingerprint density at radius 1 is 1.28 bits per heavy atom. The van der Waals surface area contributed by atoms with Crippen molar-refractivity contribution in [3.8, 4) is 0 Å². The van der Waals surface area contributed by atoms with Crippen molar-refractivity contribution in [1.29, 1.82) is 0 Å². The molecule has 4 heteroatoms. The molecule has 0 bridgehead atoms. The first kappa shape index (κ1) is 13.1. The smallest absolute Gasteiger partial charge is 0.313 e. The molecule has 0 aromatic heterocycles. The van der Waals surface area contributed by atoms with E-state index in [0.29, 0.717) is 39.2 Å². The Hall–Kier alpha value is -1.39. The Morgan fingerprint density at radius 2 is 1.94 bits per heavy atom. The predicted molar refractivity (Wildman–Crippen MR) is 67.8 cm³/mol. The summed E-state index contributed by atoms with van der Waals surface area (Å²) < 4.78 is 10.7. The average molecular weight is 249 g/mol. The Kier molecular flexibility index (Phi) is 4.33. The van der Waals surface area contributed by atoms with Gasteiger partial charge in [0, 0.05) is 19.8 Å². The first-order valence-corrected chi connectivity index (χ1v) is 6.26. The van der Waals surface area contributed by atoms with Crippen LogP contribution in [-0.2, 0) is 20.9 Å². The SMILES string of the molecule is NCC1(C(=O)OCc2ccccc2)CCOCC1. The normalized spacial score (nSPS) is 18.3. The van der Waals surface area contributed by atoms with Crippen molar-refractivity contribution in [2.75, 3.05) is 19.8 Å². The standard InChI is InChI=1S/C14H19NO3/c15-11-14(6-8-17-9-7-14)13(16)18-10-12-4-2-1-3-5-12/h1-5H,6-11,15H2. The van der Waals surface area contributed by atoms with E-state index in [0.717, 1.165) is 5.56 Å². The van der Waals surface area contributed by atoms with Gasteiger partial charge in [-0.2, -0.15) is 0 Å². The van der Waals surface area contributed by atoms with Gasteiger partial charge in [-0.3, -0.25) is 4.79 Å². The topological polar surface area (TPSA) is 61.6 Å². The van der Waals surface area contributed by atoms with Crippen molar-refractivity contribution >= 4 is 5.97 Å². The molecule has 4 nitrogen and oxygen atoms in total.